The smallest absolute Gasteiger partial charge is 0.244 e. The number of aliphatic hydroxyl groups is 1. The van der Waals surface area contributed by atoms with Gasteiger partial charge in [0.1, 0.15) is 4.90 Å². The molecule has 2 rings (SSSR count). The molecule has 0 aliphatic carbocycles. The molecule has 0 radical (unpaired) electrons. The van der Waals surface area contributed by atoms with E-state index in [2.05, 4.69) is 0 Å². The Kier molecular flexibility index (Phi) is 5.08. The zero-order chi connectivity index (χ0) is 15.6. The predicted octanol–water partition coefficient (Wildman–Crippen LogP) is 0.715. The number of aromatic nitrogens is 1. The molecule has 6 nitrogen and oxygen atoms in total. The summed E-state index contributed by atoms with van der Waals surface area (Å²) in [5.74, 6) is 0. The fourth-order valence-corrected chi connectivity index (χ4v) is 4.71. The number of sulfonamides is 1. The summed E-state index contributed by atoms with van der Waals surface area (Å²) in [6, 6.07) is 1.62. The third-order valence-corrected chi connectivity index (χ3v) is 5.89. The van der Waals surface area contributed by atoms with Crippen molar-refractivity contribution in [2.24, 2.45) is 0 Å². The van der Waals surface area contributed by atoms with Gasteiger partial charge in [-0.25, -0.2) is 8.42 Å². The van der Waals surface area contributed by atoms with Crippen LogP contribution in [0.3, 0.4) is 0 Å². The molecule has 1 unspecified atom stereocenters. The number of likely N-dealkylation sites (N-methyl/N-ethyl adjacent to an activating group) is 1. The number of nitrogens with zero attached hydrogens (tertiary/aromatic N) is 3. The van der Waals surface area contributed by atoms with Crippen LogP contribution in [-0.4, -0.2) is 60.5 Å². The van der Waals surface area contributed by atoms with Gasteiger partial charge in [0.25, 0.3) is 0 Å². The van der Waals surface area contributed by atoms with E-state index in [1.807, 2.05) is 25.9 Å². The van der Waals surface area contributed by atoms with E-state index >= 15 is 0 Å². The number of hydrogen-bond acceptors (Lipinski definition) is 4. The van der Waals surface area contributed by atoms with Gasteiger partial charge in [-0.2, -0.15) is 4.31 Å². The molecule has 0 spiro atoms. The topological polar surface area (TPSA) is 65.8 Å². The highest BCUT2D eigenvalue weighted by atomic mass is 32.2. The zero-order valence-corrected chi connectivity index (χ0v) is 13.8. The summed E-state index contributed by atoms with van der Waals surface area (Å²) in [4.78, 5) is 2.31. The van der Waals surface area contributed by atoms with Crippen molar-refractivity contribution in [2.45, 2.75) is 43.9 Å². The molecule has 1 aliphatic rings. The maximum atomic E-state index is 12.8. The summed E-state index contributed by atoms with van der Waals surface area (Å²) in [5, 5.41) is 9.33. The Labute approximate surface area is 127 Å². The van der Waals surface area contributed by atoms with Crippen LogP contribution in [0.15, 0.2) is 17.2 Å². The van der Waals surface area contributed by atoms with E-state index in [-0.39, 0.29) is 12.6 Å². The van der Waals surface area contributed by atoms with Crippen LogP contribution in [0, 0.1) is 0 Å². The predicted molar refractivity (Wildman–Crippen MR) is 81.5 cm³/mol. The lowest BCUT2D eigenvalue weighted by molar-refractivity contribution is 0.271. The summed E-state index contributed by atoms with van der Waals surface area (Å²) in [6.07, 6.45) is 3.43. The standard InChI is InChI=1S/C14H25N3O3S/c1-4-16-10-14(8-13(16)11-18)21(19,20)17-7-5-6-12(17)9-15(2)3/h8,10,12,18H,4-7,9,11H2,1-3H3. The van der Waals surface area contributed by atoms with Gasteiger partial charge in [-0.3, -0.25) is 0 Å². The van der Waals surface area contributed by atoms with Crippen LogP contribution < -0.4 is 0 Å². The largest absolute Gasteiger partial charge is 0.390 e. The van der Waals surface area contributed by atoms with E-state index in [1.54, 1.807) is 21.1 Å². The first-order valence-corrected chi connectivity index (χ1v) is 8.80. The quantitative estimate of drug-likeness (QED) is 0.840. The van der Waals surface area contributed by atoms with Crippen molar-refractivity contribution in [1.29, 1.82) is 0 Å². The highest BCUT2D eigenvalue weighted by Gasteiger charge is 2.36. The van der Waals surface area contributed by atoms with Gasteiger partial charge in [-0.1, -0.05) is 0 Å². The van der Waals surface area contributed by atoms with Gasteiger partial charge >= 0.3 is 0 Å². The Morgan fingerprint density at radius 2 is 2.14 bits per heavy atom. The fraction of sp³-hybridized carbons (Fsp3) is 0.714. The van der Waals surface area contributed by atoms with Crippen molar-refractivity contribution < 1.29 is 13.5 Å². The maximum absolute atomic E-state index is 12.8. The molecule has 1 N–H and O–H groups in total. The second kappa shape index (κ2) is 6.48. The average molecular weight is 315 g/mol. The molecular weight excluding hydrogens is 290 g/mol. The molecule has 21 heavy (non-hydrogen) atoms. The van der Waals surface area contributed by atoms with Crippen LogP contribution in [0.5, 0.6) is 0 Å². The van der Waals surface area contributed by atoms with Gasteiger partial charge in [0, 0.05) is 37.6 Å². The Hall–Kier alpha value is -0.890. The van der Waals surface area contributed by atoms with Gasteiger partial charge in [-0.05, 0) is 39.9 Å². The van der Waals surface area contributed by atoms with Crippen molar-refractivity contribution >= 4 is 10.0 Å². The summed E-state index contributed by atoms with van der Waals surface area (Å²) < 4.78 is 29.1. The summed E-state index contributed by atoms with van der Waals surface area (Å²) in [6.45, 7) is 3.74. The fourth-order valence-electron chi connectivity index (χ4n) is 2.96. The molecule has 1 saturated heterocycles. The average Bonchev–Trinajstić information content (AvgIpc) is 3.03. The van der Waals surface area contributed by atoms with Crippen molar-refractivity contribution in [3.63, 3.8) is 0 Å². The third kappa shape index (κ3) is 3.31. The first-order valence-electron chi connectivity index (χ1n) is 7.36. The van der Waals surface area contributed by atoms with E-state index in [9.17, 15) is 13.5 Å². The molecule has 0 amide bonds. The summed E-state index contributed by atoms with van der Waals surface area (Å²) >= 11 is 0. The van der Waals surface area contributed by atoms with Crippen molar-refractivity contribution in [3.05, 3.63) is 18.0 Å². The lowest BCUT2D eigenvalue weighted by Gasteiger charge is -2.26. The van der Waals surface area contributed by atoms with E-state index < -0.39 is 10.0 Å². The molecule has 1 aromatic heterocycles. The minimum Gasteiger partial charge on any atom is -0.390 e. The Bertz CT molecular complexity index is 559. The monoisotopic (exact) mass is 315 g/mol. The van der Waals surface area contributed by atoms with Crippen molar-refractivity contribution in [3.8, 4) is 0 Å². The number of rotatable bonds is 6. The second-order valence-corrected chi connectivity index (χ2v) is 7.68. The molecule has 2 heterocycles. The second-order valence-electron chi connectivity index (χ2n) is 5.79. The van der Waals surface area contributed by atoms with Gasteiger partial charge in [0.15, 0.2) is 0 Å². The molecule has 1 aromatic rings. The van der Waals surface area contributed by atoms with E-state index in [4.69, 9.17) is 0 Å². The highest BCUT2D eigenvalue weighted by molar-refractivity contribution is 7.89. The highest BCUT2D eigenvalue weighted by Crippen LogP contribution is 2.27. The van der Waals surface area contributed by atoms with Crippen LogP contribution in [-0.2, 0) is 23.2 Å². The molecule has 1 fully saturated rings. The number of aryl methyl sites for hydroxylation is 1. The van der Waals surface area contributed by atoms with Crippen molar-refractivity contribution in [2.75, 3.05) is 27.2 Å². The first-order chi connectivity index (χ1) is 9.90. The number of aliphatic hydroxyl groups excluding tert-OH is 1. The molecule has 1 atom stereocenters. The minimum atomic E-state index is -3.48. The van der Waals surface area contributed by atoms with Gasteiger partial charge in [0.05, 0.1) is 6.61 Å². The molecule has 0 saturated carbocycles. The molecular formula is C14H25N3O3S. The SMILES string of the molecule is CCn1cc(S(=O)(=O)N2CCCC2CN(C)C)cc1CO. The first kappa shape index (κ1) is 16.5. The third-order valence-electron chi connectivity index (χ3n) is 3.97. The lowest BCUT2D eigenvalue weighted by Crippen LogP contribution is -2.41. The molecule has 0 bridgehead atoms. The molecule has 7 heteroatoms. The summed E-state index contributed by atoms with van der Waals surface area (Å²) in [5.41, 5.74) is 0.638. The Balaban J connectivity index is 2.30. The van der Waals surface area contributed by atoms with Crippen molar-refractivity contribution in [1.82, 2.24) is 13.8 Å². The molecule has 120 valence electrons. The van der Waals surface area contributed by atoms with E-state index in [0.29, 0.717) is 23.7 Å². The van der Waals surface area contributed by atoms with Crippen LogP contribution in [0.25, 0.3) is 0 Å². The minimum absolute atomic E-state index is 0.0348. The Morgan fingerprint density at radius 1 is 1.43 bits per heavy atom. The maximum Gasteiger partial charge on any atom is 0.244 e. The van der Waals surface area contributed by atoms with Crippen LogP contribution in [0.2, 0.25) is 0 Å². The van der Waals surface area contributed by atoms with Gasteiger partial charge in [0.2, 0.25) is 10.0 Å². The van der Waals surface area contributed by atoms with E-state index in [1.165, 1.54) is 0 Å². The van der Waals surface area contributed by atoms with Crippen LogP contribution in [0.1, 0.15) is 25.5 Å². The number of hydrogen-bond donors (Lipinski definition) is 1. The lowest BCUT2D eigenvalue weighted by atomic mass is 10.2. The zero-order valence-electron chi connectivity index (χ0n) is 13.0. The normalized spacial score (nSPS) is 20.5. The molecule has 0 aromatic carbocycles. The van der Waals surface area contributed by atoms with E-state index in [0.717, 1.165) is 19.4 Å². The Morgan fingerprint density at radius 3 is 2.67 bits per heavy atom. The van der Waals surface area contributed by atoms with Gasteiger partial charge < -0.3 is 14.6 Å². The van der Waals surface area contributed by atoms with Crippen LogP contribution in [0.4, 0.5) is 0 Å². The van der Waals surface area contributed by atoms with Gasteiger partial charge in [-0.15, -0.1) is 0 Å². The molecule has 1 aliphatic heterocycles. The van der Waals surface area contributed by atoms with Crippen LogP contribution >= 0.6 is 0 Å². The summed E-state index contributed by atoms with van der Waals surface area (Å²) in [7, 11) is 0.437.